The van der Waals surface area contributed by atoms with Crippen LogP contribution in [0.1, 0.15) is 68.9 Å². The van der Waals surface area contributed by atoms with Crippen molar-refractivity contribution in [3.63, 3.8) is 0 Å². The maximum absolute atomic E-state index is 13.9. The summed E-state index contributed by atoms with van der Waals surface area (Å²) < 4.78 is 0. The maximum Gasteiger partial charge on any atom is 0.247 e. The van der Waals surface area contributed by atoms with Crippen LogP contribution in [0.5, 0.6) is 0 Å². The summed E-state index contributed by atoms with van der Waals surface area (Å²) in [5.74, 6) is 0.0683. The molecule has 1 heterocycles. The minimum Gasteiger partial charge on any atom is -0.394 e. The summed E-state index contributed by atoms with van der Waals surface area (Å²) in [6, 6.07) is 14.7. The molecule has 2 saturated carbocycles. The Hall–Kier alpha value is -2.57. The maximum atomic E-state index is 13.9. The van der Waals surface area contributed by atoms with Crippen molar-refractivity contribution in [2.24, 2.45) is 0 Å². The zero-order valence-electron chi connectivity index (χ0n) is 25.7. The van der Waals surface area contributed by atoms with Crippen LogP contribution >= 0.6 is 11.6 Å². The van der Waals surface area contributed by atoms with Crippen LogP contribution in [-0.2, 0) is 22.6 Å². The molecule has 2 aliphatic carbocycles. The standard InChI is InChI=1S/C34H46ClN3O7/c35-26-13-9-22(5-1-2-6-25(40)12-14-29(41)31(43)32(44)30(42)21-39)19-23(26)20-36-34(15-16-34)33(45)38-18-17-37(24-10-11-24)27-7-3-4-8-28(27)38/h3-4,7-9,13,19,24,29-32,36,39,41-44H,1-2,5-6,10-12,14-18,20-21H2/t29-,30+,31+,32+/m0/s1. The van der Waals surface area contributed by atoms with Crippen molar-refractivity contribution in [1.29, 1.82) is 0 Å². The van der Waals surface area contributed by atoms with E-state index >= 15 is 0 Å². The van der Waals surface area contributed by atoms with Crippen molar-refractivity contribution in [1.82, 2.24) is 5.32 Å². The van der Waals surface area contributed by atoms with Crippen LogP contribution < -0.4 is 15.1 Å². The van der Waals surface area contributed by atoms with Crippen LogP contribution in [0, 0.1) is 0 Å². The number of carbonyl (C=O) groups excluding carboxylic acids is 2. The highest BCUT2D eigenvalue weighted by atomic mass is 35.5. The van der Waals surface area contributed by atoms with Crippen molar-refractivity contribution in [3.8, 4) is 0 Å². The molecule has 0 unspecified atom stereocenters. The van der Waals surface area contributed by atoms with Crippen molar-refractivity contribution in [3.05, 3.63) is 58.6 Å². The predicted molar refractivity (Wildman–Crippen MR) is 172 cm³/mol. The molecule has 0 bridgehead atoms. The molecule has 1 aliphatic heterocycles. The number of hydrogen-bond acceptors (Lipinski definition) is 9. The number of anilines is 2. The van der Waals surface area contributed by atoms with Crippen molar-refractivity contribution >= 4 is 34.7 Å². The number of ketones is 1. The minimum absolute atomic E-state index is 0.0409. The molecule has 2 aromatic rings. The van der Waals surface area contributed by atoms with E-state index in [1.807, 2.05) is 29.2 Å². The monoisotopic (exact) mass is 643 g/mol. The average molecular weight is 644 g/mol. The van der Waals surface area contributed by atoms with Gasteiger partial charge in [-0.15, -0.1) is 0 Å². The van der Waals surface area contributed by atoms with Gasteiger partial charge in [0.2, 0.25) is 5.91 Å². The normalized spacial score (nSPS) is 19.9. The highest BCUT2D eigenvalue weighted by molar-refractivity contribution is 6.31. The minimum atomic E-state index is -1.69. The summed E-state index contributed by atoms with van der Waals surface area (Å²) in [7, 11) is 0. The van der Waals surface area contributed by atoms with Crippen LogP contribution in [0.25, 0.3) is 0 Å². The number of benzene rings is 2. The van der Waals surface area contributed by atoms with E-state index in [1.165, 1.54) is 12.8 Å². The number of halogens is 1. The Labute approximate surface area is 269 Å². The summed E-state index contributed by atoms with van der Waals surface area (Å²) >= 11 is 6.56. The first-order chi connectivity index (χ1) is 21.6. The number of aryl methyl sites for hydroxylation is 1. The Kier molecular flexibility index (Phi) is 11.2. The van der Waals surface area contributed by atoms with Gasteiger partial charge in [-0.2, -0.15) is 0 Å². The summed E-state index contributed by atoms with van der Waals surface area (Å²) in [6.45, 7) is 1.28. The Morgan fingerprint density at radius 2 is 1.64 bits per heavy atom. The predicted octanol–water partition coefficient (Wildman–Crippen LogP) is 2.48. The average Bonchev–Trinajstić information content (AvgIpc) is 4.00. The second kappa shape index (κ2) is 14.9. The van der Waals surface area contributed by atoms with Crippen molar-refractivity contribution in [2.75, 3.05) is 29.5 Å². The van der Waals surface area contributed by atoms with Gasteiger partial charge >= 0.3 is 0 Å². The third-order valence-corrected chi connectivity index (χ3v) is 9.75. The Morgan fingerprint density at radius 3 is 2.33 bits per heavy atom. The van der Waals surface area contributed by atoms with Gasteiger partial charge in [0.15, 0.2) is 0 Å². The molecular weight excluding hydrogens is 598 g/mol. The summed E-state index contributed by atoms with van der Waals surface area (Å²) in [6.07, 6.45) is 0.250. The van der Waals surface area contributed by atoms with E-state index < -0.39 is 36.6 Å². The van der Waals surface area contributed by atoms with Gasteiger partial charge in [0.05, 0.1) is 29.6 Å². The van der Waals surface area contributed by atoms with Crippen molar-refractivity contribution < 1.29 is 35.1 Å². The number of para-hydroxylation sites is 2. The topological polar surface area (TPSA) is 154 Å². The SMILES string of the molecule is O=C(CCCCc1ccc(Cl)c(CNC2(C(=O)N3CCN(C4CC4)c4ccccc43)CC2)c1)CC[C@H](O)[C@@H](O)[C@H](O)[C@H](O)CO. The van der Waals surface area contributed by atoms with E-state index in [4.69, 9.17) is 16.7 Å². The zero-order chi connectivity index (χ0) is 32.1. The number of aliphatic hydroxyl groups is 5. The van der Waals surface area contributed by atoms with E-state index in [2.05, 4.69) is 28.4 Å². The van der Waals surface area contributed by atoms with Gasteiger partial charge in [-0.05, 0) is 80.7 Å². The quantitative estimate of drug-likeness (QED) is 0.143. The van der Waals surface area contributed by atoms with Crippen LogP contribution in [0.15, 0.2) is 42.5 Å². The van der Waals surface area contributed by atoms with Crippen LogP contribution in [-0.4, -0.2) is 92.9 Å². The van der Waals surface area contributed by atoms with Gasteiger partial charge in [-0.25, -0.2) is 0 Å². The first-order valence-electron chi connectivity index (χ1n) is 16.2. The van der Waals surface area contributed by atoms with Gasteiger partial charge in [0, 0.05) is 43.5 Å². The molecule has 6 N–H and O–H groups in total. The largest absolute Gasteiger partial charge is 0.394 e. The molecule has 1 amide bonds. The number of amides is 1. The molecule has 246 valence electrons. The number of nitrogens with one attached hydrogen (secondary N) is 1. The highest BCUT2D eigenvalue weighted by Crippen LogP contribution is 2.44. The highest BCUT2D eigenvalue weighted by Gasteiger charge is 2.52. The van der Waals surface area contributed by atoms with Crippen LogP contribution in [0.2, 0.25) is 5.02 Å². The van der Waals surface area contributed by atoms with Gasteiger partial charge in [0.1, 0.15) is 24.1 Å². The second-order valence-corrected chi connectivity index (χ2v) is 13.2. The van der Waals surface area contributed by atoms with Crippen LogP contribution in [0.4, 0.5) is 11.4 Å². The fourth-order valence-corrected chi connectivity index (χ4v) is 6.40. The first kappa shape index (κ1) is 33.8. The Balaban J connectivity index is 1.07. The zero-order valence-corrected chi connectivity index (χ0v) is 26.4. The third-order valence-electron chi connectivity index (χ3n) is 9.38. The van der Waals surface area contributed by atoms with Gasteiger partial charge in [0.25, 0.3) is 0 Å². The lowest BCUT2D eigenvalue weighted by Crippen LogP contribution is -2.53. The molecule has 0 saturated heterocycles. The molecular formula is C34H46ClN3O7. The van der Waals surface area contributed by atoms with E-state index in [1.54, 1.807) is 0 Å². The fraction of sp³-hybridized carbons (Fsp3) is 0.588. The molecule has 0 spiro atoms. The van der Waals surface area contributed by atoms with E-state index in [-0.39, 0.29) is 24.5 Å². The lowest BCUT2D eigenvalue weighted by atomic mass is 9.97. The summed E-state index contributed by atoms with van der Waals surface area (Å²) in [4.78, 5) is 30.6. The van der Waals surface area contributed by atoms with Gasteiger partial charge in [-0.3, -0.25) is 14.9 Å². The molecule has 2 aromatic carbocycles. The number of nitrogens with zero attached hydrogens (tertiary/aromatic N) is 2. The molecule has 4 atom stereocenters. The first-order valence-corrected chi connectivity index (χ1v) is 16.6. The number of Topliss-reactive ketones (excluding diaryl/α,β-unsaturated/α-hetero) is 1. The fourth-order valence-electron chi connectivity index (χ4n) is 6.21. The summed E-state index contributed by atoms with van der Waals surface area (Å²) in [5, 5.41) is 52.1. The lowest BCUT2D eigenvalue weighted by molar-refractivity contribution is -0.125. The Bertz CT molecular complexity index is 1330. The number of hydrogen-bond donors (Lipinski definition) is 6. The molecule has 10 nitrogen and oxygen atoms in total. The van der Waals surface area contributed by atoms with E-state index in [0.717, 1.165) is 54.7 Å². The molecule has 5 rings (SSSR count). The van der Waals surface area contributed by atoms with Gasteiger partial charge < -0.3 is 35.3 Å². The number of carbonyl (C=O) groups is 2. The molecule has 2 fully saturated rings. The molecule has 0 aromatic heterocycles. The van der Waals surface area contributed by atoms with Crippen molar-refractivity contribution in [2.45, 2.75) is 107 Å². The van der Waals surface area contributed by atoms with E-state index in [0.29, 0.717) is 37.0 Å². The smallest absolute Gasteiger partial charge is 0.247 e. The number of rotatable bonds is 17. The Morgan fingerprint density at radius 1 is 0.933 bits per heavy atom. The molecule has 3 aliphatic rings. The molecule has 45 heavy (non-hydrogen) atoms. The van der Waals surface area contributed by atoms with Gasteiger partial charge in [-0.1, -0.05) is 35.9 Å². The third kappa shape index (κ3) is 8.24. The number of aliphatic hydroxyl groups excluding tert-OH is 5. The van der Waals surface area contributed by atoms with E-state index in [9.17, 15) is 30.0 Å². The number of unbranched alkanes of at least 4 members (excludes halogenated alkanes) is 1. The second-order valence-electron chi connectivity index (χ2n) is 12.8. The molecule has 11 heteroatoms. The summed E-state index contributed by atoms with van der Waals surface area (Å²) in [5.41, 5.74) is 3.61. The van der Waals surface area contributed by atoms with Crippen LogP contribution in [0.3, 0.4) is 0 Å². The lowest BCUT2D eigenvalue weighted by Gasteiger charge is -2.39. The number of fused-ring (bicyclic) bond motifs is 1. The molecule has 0 radical (unpaired) electrons.